The number of hydrogen-bond acceptors (Lipinski definition) is 1. The second kappa shape index (κ2) is 2.01. The first-order valence-electron chi connectivity index (χ1n) is 5.14. The summed E-state index contributed by atoms with van der Waals surface area (Å²) in [5.41, 5.74) is 0.751. The Morgan fingerprint density at radius 2 is 2.09 bits per heavy atom. The fraction of sp³-hybridized carbons (Fsp3) is 1.00. The molecule has 0 bridgehead atoms. The fourth-order valence-electron chi connectivity index (χ4n) is 3.01. The van der Waals surface area contributed by atoms with Crippen LogP contribution < -0.4 is 0 Å². The van der Waals surface area contributed by atoms with Crippen molar-refractivity contribution < 1.29 is 0 Å². The molecule has 3 fully saturated rings. The molecule has 0 aromatic heterocycles. The molecule has 1 atom stereocenters. The summed E-state index contributed by atoms with van der Waals surface area (Å²) in [7, 11) is 0. The maximum absolute atomic E-state index is 2.74. The van der Waals surface area contributed by atoms with Crippen molar-refractivity contribution in [3.63, 3.8) is 0 Å². The Hall–Kier alpha value is -0.0400. The van der Waals surface area contributed by atoms with E-state index in [-0.39, 0.29) is 0 Å². The molecule has 3 rings (SSSR count). The van der Waals surface area contributed by atoms with Gasteiger partial charge in [-0.15, -0.1) is 0 Å². The van der Waals surface area contributed by atoms with Crippen LogP contribution in [0.2, 0.25) is 0 Å². The molecular formula is C10H17N. The van der Waals surface area contributed by atoms with Crippen LogP contribution in [0.25, 0.3) is 0 Å². The molecule has 2 heterocycles. The summed E-state index contributed by atoms with van der Waals surface area (Å²) in [6.45, 7) is 2.82. The standard InChI is InChI=1S/C10H17N/c1-4-10(8-9-2-3-9)5-7-11(10)6-1/h9H,1-8H2. The number of rotatable bonds is 2. The lowest BCUT2D eigenvalue weighted by Crippen LogP contribution is -2.55. The van der Waals surface area contributed by atoms with E-state index in [0.29, 0.717) is 0 Å². The Labute approximate surface area is 68.8 Å². The monoisotopic (exact) mass is 151 g/mol. The smallest absolute Gasteiger partial charge is 0.0224 e. The molecule has 62 valence electrons. The summed E-state index contributed by atoms with van der Waals surface area (Å²) >= 11 is 0. The summed E-state index contributed by atoms with van der Waals surface area (Å²) in [5, 5.41) is 0. The first-order chi connectivity index (χ1) is 5.39. The van der Waals surface area contributed by atoms with E-state index >= 15 is 0 Å². The zero-order valence-corrected chi connectivity index (χ0v) is 7.18. The number of fused-ring (bicyclic) bond motifs is 1. The third-order valence-electron chi connectivity index (χ3n) is 3.95. The largest absolute Gasteiger partial charge is 0.298 e. The van der Waals surface area contributed by atoms with Crippen molar-refractivity contribution in [2.24, 2.45) is 5.92 Å². The van der Waals surface area contributed by atoms with Gasteiger partial charge < -0.3 is 0 Å². The minimum absolute atomic E-state index is 0.751. The molecule has 0 radical (unpaired) electrons. The molecule has 1 saturated carbocycles. The van der Waals surface area contributed by atoms with Crippen LogP contribution in [0.3, 0.4) is 0 Å². The lowest BCUT2D eigenvalue weighted by Gasteiger charge is -2.48. The maximum atomic E-state index is 2.74. The van der Waals surface area contributed by atoms with Crippen LogP contribution in [-0.2, 0) is 0 Å². The van der Waals surface area contributed by atoms with Crippen molar-refractivity contribution in [1.29, 1.82) is 0 Å². The third-order valence-corrected chi connectivity index (χ3v) is 3.95. The van der Waals surface area contributed by atoms with E-state index in [9.17, 15) is 0 Å². The van der Waals surface area contributed by atoms with Crippen molar-refractivity contribution in [3.05, 3.63) is 0 Å². The van der Waals surface area contributed by atoms with Crippen LogP contribution in [-0.4, -0.2) is 23.5 Å². The van der Waals surface area contributed by atoms with E-state index in [1.165, 1.54) is 45.2 Å². The molecule has 1 heteroatoms. The van der Waals surface area contributed by atoms with Crippen molar-refractivity contribution >= 4 is 0 Å². The molecule has 1 nitrogen and oxygen atoms in total. The molecular weight excluding hydrogens is 134 g/mol. The van der Waals surface area contributed by atoms with E-state index in [1.54, 1.807) is 6.42 Å². The predicted octanol–water partition coefficient (Wildman–Crippen LogP) is 2.02. The van der Waals surface area contributed by atoms with Crippen LogP contribution in [0.15, 0.2) is 0 Å². The molecule has 0 N–H and O–H groups in total. The Morgan fingerprint density at radius 1 is 1.18 bits per heavy atom. The zero-order valence-electron chi connectivity index (χ0n) is 7.18. The van der Waals surface area contributed by atoms with Crippen LogP contribution in [0.4, 0.5) is 0 Å². The molecule has 1 aliphatic carbocycles. The summed E-state index contributed by atoms with van der Waals surface area (Å²) < 4.78 is 0. The highest BCUT2D eigenvalue weighted by molar-refractivity contribution is 5.05. The average Bonchev–Trinajstić information content (AvgIpc) is 2.72. The summed E-state index contributed by atoms with van der Waals surface area (Å²) in [4.78, 5) is 2.74. The summed E-state index contributed by atoms with van der Waals surface area (Å²) in [5.74, 6) is 1.14. The minimum atomic E-state index is 0.751. The van der Waals surface area contributed by atoms with Gasteiger partial charge in [-0.2, -0.15) is 0 Å². The van der Waals surface area contributed by atoms with Crippen molar-refractivity contribution in [3.8, 4) is 0 Å². The lowest BCUT2D eigenvalue weighted by atomic mass is 9.80. The average molecular weight is 151 g/mol. The van der Waals surface area contributed by atoms with Gasteiger partial charge in [0.05, 0.1) is 0 Å². The number of hydrogen-bond donors (Lipinski definition) is 0. The quantitative estimate of drug-likeness (QED) is 0.583. The fourth-order valence-corrected chi connectivity index (χ4v) is 3.01. The summed E-state index contributed by atoms with van der Waals surface area (Å²) in [6.07, 6.45) is 9.14. The van der Waals surface area contributed by atoms with Crippen molar-refractivity contribution in [2.75, 3.05) is 13.1 Å². The van der Waals surface area contributed by atoms with E-state index in [0.717, 1.165) is 11.5 Å². The van der Waals surface area contributed by atoms with E-state index < -0.39 is 0 Å². The highest BCUT2D eigenvalue weighted by Gasteiger charge is 2.49. The molecule has 2 aliphatic heterocycles. The van der Waals surface area contributed by atoms with Crippen LogP contribution >= 0.6 is 0 Å². The zero-order chi connectivity index (χ0) is 7.31. The predicted molar refractivity (Wildman–Crippen MR) is 45.5 cm³/mol. The van der Waals surface area contributed by atoms with Gasteiger partial charge in [-0.1, -0.05) is 12.8 Å². The molecule has 11 heavy (non-hydrogen) atoms. The van der Waals surface area contributed by atoms with Gasteiger partial charge in [0.2, 0.25) is 0 Å². The Kier molecular flexibility index (Phi) is 1.18. The van der Waals surface area contributed by atoms with Gasteiger partial charge in [0, 0.05) is 12.1 Å². The Morgan fingerprint density at radius 3 is 2.64 bits per heavy atom. The summed E-state index contributed by atoms with van der Waals surface area (Å²) in [6, 6.07) is 0. The van der Waals surface area contributed by atoms with Gasteiger partial charge in [0.15, 0.2) is 0 Å². The molecule has 0 amide bonds. The Bertz CT molecular complexity index is 174. The van der Waals surface area contributed by atoms with Crippen LogP contribution in [0.1, 0.15) is 38.5 Å². The molecule has 3 aliphatic rings. The van der Waals surface area contributed by atoms with Gasteiger partial charge in [0.1, 0.15) is 0 Å². The highest BCUT2D eigenvalue weighted by Crippen LogP contribution is 2.49. The first-order valence-corrected chi connectivity index (χ1v) is 5.14. The molecule has 0 spiro atoms. The molecule has 0 aromatic rings. The van der Waals surface area contributed by atoms with Gasteiger partial charge >= 0.3 is 0 Å². The molecule has 1 unspecified atom stereocenters. The van der Waals surface area contributed by atoms with E-state index in [1.807, 2.05) is 0 Å². The second-order valence-corrected chi connectivity index (χ2v) is 4.71. The van der Waals surface area contributed by atoms with Gasteiger partial charge in [0.25, 0.3) is 0 Å². The Balaban J connectivity index is 1.71. The third kappa shape index (κ3) is 0.868. The normalized spacial score (nSPS) is 43.6. The van der Waals surface area contributed by atoms with Crippen molar-refractivity contribution in [2.45, 2.75) is 44.1 Å². The van der Waals surface area contributed by atoms with Gasteiger partial charge in [-0.25, -0.2) is 0 Å². The van der Waals surface area contributed by atoms with Gasteiger partial charge in [-0.3, -0.25) is 4.90 Å². The molecule has 0 aromatic carbocycles. The SMILES string of the molecule is C1CN2CCC2(CC2CC2)C1. The van der Waals surface area contributed by atoms with E-state index in [2.05, 4.69) is 4.90 Å². The van der Waals surface area contributed by atoms with Gasteiger partial charge in [-0.05, 0) is 38.1 Å². The minimum Gasteiger partial charge on any atom is -0.298 e. The maximum Gasteiger partial charge on any atom is 0.0224 e. The molecule has 2 saturated heterocycles. The first kappa shape index (κ1) is 6.47. The van der Waals surface area contributed by atoms with Crippen molar-refractivity contribution in [1.82, 2.24) is 4.90 Å². The second-order valence-electron chi connectivity index (χ2n) is 4.71. The topological polar surface area (TPSA) is 3.24 Å². The highest BCUT2D eigenvalue weighted by atomic mass is 15.3. The van der Waals surface area contributed by atoms with Crippen LogP contribution in [0.5, 0.6) is 0 Å². The lowest BCUT2D eigenvalue weighted by molar-refractivity contribution is 0.0154. The van der Waals surface area contributed by atoms with E-state index in [4.69, 9.17) is 0 Å². The van der Waals surface area contributed by atoms with Crippen LogP contribution in [0, 0.1) is 5.92 Å². The number of nitrogens with zero attached hydrogens (tertiary/aromatic N) is 1.